The van der Waals surface area contributed by atoms with Crippen molar-refractivity contribution in [2.24, 2.45) is 0 Å². The minimum atomic E-state index is -0.667. The summed E-state index contributed by atoms with van der Waals surface area (Å²) in [6, 6.07) is -1.19. The molecule has 2 N–H and O–H groups in total. The summed E-state index contributed by atoms with van der Waals surface area (Å²) in [5.41, 5.74) is 0. The van der Waals surface area contributed by atoms with Gasteiger partial charge in [-0.05, 0) is 6.92 Å². The van der Waals surface area contributed by atoms with Gasteiger partial charge in [-0.25, -0.2) is 4.79 Å². The quantitative estimate of drug-likeness (QED) is 0.565. The Labute approximate surface area is 76.3 Å². The Kier molecular flexibility index (Phi) is 3.75. The van der Waals surface area contributed by atoms with Crippen molar-refractivity contribution in [1.29, 1.82) is 0 Å². The van der Waals surface area contributed by atoms with Gasteiger partial charge in [-0.15, -0.1) is 0 Å². The van der Waals surface area contributed by atoms with E-state index in [1.54, 1.807) is 0 Å². The molecule has 1 fully saturated rings. The molecule has 1 aliphatic rings. The molecule has 0 spiro atoms. The molecule has 1 aliphatic heterocycles. The number of urea groups is 1. The second kappa shape index (κ2) is 4.10. The van der Waals surface area contributed by atoms with E-state index in [2.05, 4.69) is 5.32 Å². The van der Waals surface area contributed by atoms with Crippen LogP contribution in [-0.2, 0) is 9.59 Å². The summed E-state index contributed by atoms with van der Waals surface area (Å²) in [7, 11) is 0. The van der Waals surface area contributed by atoms with Crippen molar-refractivity contribution in [2.75, 3.05) is 0 Å². The number of carbonyl (C=O) groups is 3. The highest BCUT2D eigenvalue weighted by atomic mass is 32.1. The lowest BCUT2D eigenvalue weighted by Crippen LogP contribution is -2.30. The minimum absolute atomic E-state index is 0. The zero-order valence-electron chi connectivity index (χ0n) is 6.51. The van der Waals surface area contributed by atoms with E-state index in [0.29, 0.717) is 0 Å². The molecule has 0 aromatic heterocycles. The fourth-order valence-corrected chi connectivity index (χ4v) is 0.890. The molecule has 1 heterocycles. The Bertz CT molecular complexity index is 229. The second-order valence-electron chi connectivity index (χ2n) is 2.42. The number of nitrogens with one attached hydrogen (secondary N) is 2. The summed E-state index contributed by atoms with van der Waals surface area (Å²) >= 11 is 0. The van der Waals surface area contributed by atoms with E-state index in [1.807, 2.05) is 5.32 Å². The molecular formula is C6H10N2O3S. The standard InChI is InChI=1S/C6H8N2O3.H2S/c1-3(9)2-4-5(10)8-6(11)7-4;/h4H,2H2,1H3,(H2,7,8,10,11);1H2/t4-;/m0./s1. The topological polar surface area (TPSA) is 75.3 Å². The number of carbonyl (C=O) groups excluding carboxylic acids is 3. The van der Waals surface area contributed by atoms with Gasteiger partial charge in [-0.3, -0.25) is 14.9 Å². The first kappa shape index (κ1) is 11.0. The molecule has 0 aromatic rings. The lowest BCUT2D eigenvalue weighted by molar-refractivity contribution is -0.124. The van der Waals surface area contributed by atoms with Crippen molar-refractivity contribution in [1.82, 2.24) is 10.6 Å². The van der Waals surface area contributed by atoms with E-state index < -0.39 is 18.0 Å². The lowest BCUT2D eigenvalue weighted by atomic mass is 10.1. The predicted molar refractivity (Wildman–Crippen MR) is 46.1 cm³/mol. The van der Waals surface area contributed by atoms with Crippen LogP contribution in [0.15, 0.2) is 0 Å². The van der Waals surface area contributed by atoms with Gasteiger partial charge in [0.1, 0.15) is 11.8 Å². The lowest BCUT2D eigenvalue weighted by Gasteiger charge is -2.01. The summed E-state index contributed by atoms with van der Waals surface area (Å²) in [5, 5.41) is 4.35. The Morgan fingerprint density at radius 2 is 2.08 bits per heavy atom. The molecule has 0 aliphatic carbocycles. The fourth-order valence-electron chi connectivity index (χ4n) is 0.890. The van der Waals surface area contributed by atoms with Gasteiger partial charge in [-0.2, -0.15) is 13.5 Å². The van der Waals surface area contributed by atoms with Crippen molar-refractivity contribution in [3.8, 4) is 0 Å². The van der Waals surface area contributed by atoms with E-state index in [4.69, 9.17) is 0 Å². The third-order valence-corrected chi connectivity index (χ3v) is 1.35. The number of hydrogen-bond acceptors (Lipinski definition) is 3. The summed E-state index contributed by atoms with van der Waals surface area (Å²) in [4.78, 5) is 31.8. The number of Topliss-reactive ketones (excluding diaryl/α,β-unsaturated/α-hetero) is 1. The van der Waals surface area contributed by atoms with E-state index in [0.717, 1.165) is 0 Å². The predicted octanol–water partition coefficient (Wildman–Crippen LogP) is -0.714. The summed E-state index contributed by atoms with van der Waals surface area (Å²) in [6.45, 7) is 1.37. The highest BCUT2D eigenvalue weighted by Gasteiger charge is 2.29. The van der Waals surface area contributed by atoms with Crippen molar-refractivity contribution in [2.45, 2.75) is 19.4 Å². The Hall–Kier alpha value is -1.04. The summed E-state index contributed by atoms with van der Waals surface area (Å²) in [6.07, 6.45) is 0.0670. The molecule has 0 bridgehead atoms. The van der Waals surface area contributed by atoms with E-state index in [9.17, 15) is 14.4 Å². The molecule has 1 rings (SSSR count). The fraction of sp³-hybridized carbons (Fsp3) is 0.500. The first-order chi connectivity index (χ1) is 5.09. The zero-order valence-corrected chi connectivity index (χ0v) is 7.51. The van der Waals surface area contributed by atoms with Crippen LogP contribution in [0.5, 0.6) is 0 Å². The van der Waals surface area contributed by atoms with Crippen LogP contribution in [0.4, 0.5) is 4.79 Å². The number of amides is 3. The first-order valence-electron chi connectivity index (χ1n) is 3.20. The molecule has 0 saturated carbocycles. The second-order valence-corrected chi connectivity index (χ2v) is 2.42. The number of hydrogen-bond donors (Lipinski definition) is 2. The molecular weight excluding hydrogens is 180 g/mol. The van der Waals surface area contributed by atoms with Crippen molar-refractivity contribution in [3.05, 3.63) is 0 Å². The molecule has 12 heavy (non-hydrogen) atoms. The normalized spacial score (nSPS) is 20.9. The molecule has 0 unspecified atom stereocenters. The molecule has 1 atom stereocenters. The van der Waals surface area contributed by atoms with Crippen LogP contribution >= 0.6 is 13.5 Å². The maximum Gasteiger partial charge on any atom is 0.322 e. The molecule has 68 valence electrons. The maximum atomic E-state index is 10.8. The van der Waals surface area contributed by atoms with E-state index >= 15 is 0 Å². The van der Waals surface area contributed by atoms with E-state index in [1.165, 1.54) is 6.92 Å². The average molecular weight is 190 g/mol. The highest BCUT2D eigenvalue weighted by molar-refractivity contribution is 7.59. The summed E-state index contributed by atoms with van der Waals surface area (Å²) in [5.74, 6) is -0.544. The van der Waals surface area contributed by atoms with Crippen LogP contribution in [-0.4, -0.2) is 23.8 Å². The molecule has 3 amide bonds. The number of ketones is 1. The van der Waals surface area contributed by atoms with Crippen molar-refractivity contribution >= 4 is 31.2 Å². The molecule has 1 saturated heterocycles. The first-order valence-corrected chi connectivity index (χ1v) is 3.20. The van der Waals surface area contributed by atoms with Crippen LogP contribution in [0.3, 0.4) is 0 Å². The van der Waals surface area contributed by atoms with Gasteiger partial charge >= 0.3 is 6.03 Å². The van der Waals surface area contributed by atoms with Gasteiger partial charge in [0.15, 0.2) is 0 Å². The monoisotopic (exact) mass is 190 g/mol. The third kappa shape index (κ3) is 2.54. The Morgan fingerprint density at radius 1 is 1.50 bits per heavy atom. The zero-order chi connectivity index (χ0) is 8.43. The van der Waals surface area contributed by atoms with Crippen LogP contribution < -0.4 is 10.6 Å². The largest absolute Gasteiger partial charge is 0.326 e. The van der Waals surface area contributed by atoms with Gasteiger partial charge in [0.05, 0.1) is 0 Å². The Balaban J connectivity index is 0.00000121. The Morgan fingerprint density at radius 3 is 2.42 bits per heavy atom. The van der Waals surface area contributed by atoms with Crippen LogP contribution in [0, 0.1) is 0 Å². The smallest absolute Gasteiger partial charge is 0.322 e. The minimum Gasteiger partial charge on any atom is -0.326 e. The molecule has 0 radical (unpaired) electrons. The van der Waals surface area contributed by atoms with Gasteiger partial charge in [0, 0.05) is 6.42 Å². The molecule has 6 heteroatoms. The maximum absolute atomic E-state index is 10.8. The van der Waals surface area contributed by atoms with Gasteiger partial charge in [-0.1, -0.05) is 0 Å². The van der Waals surface area contributed by atoms with Crippen molar-refractivity contribution in [3.63, 3.8) is 0 Å². The molecule has 5 nitrogen and oxygen atoms in total. The van der Waals surface area contributed by atoms with E-state index in [-0.39, 0.29) is 25.7 Å². The van der Waals surface area contributed by atoms with Crippen LogP contribution in [0.2, 0.25) is 0 Å². The van der Waals surface area contributed by atoms with Gasteiger partial charge < -0.3 is 5.32 Å². The third-order valence-electron chi connectivity index (χ3n) is 1.35. The number of rotatable bonds is 2. The van der Waals surface area contributed by atoms with Gasteiger partial charge in [0.25, 0.3) is 5.91 Å². The number of imide groups is 1. The highest BCUT2D eigenvalue weighted by Crippen LogP contribution is 1.98. The van der Waals surface area contributed by atoms with Crippen LogP contribution in [0.25, 0.3) is 0 Å². The summed E-state index contributed by atoms with van der Waals surface area (Å²) < 4.78 is 0. The molecule has 0 aromatic carbocycles. The van der Waals surface area contributed by atoms with Crippen molar-refractivity contribution < 1.29 is 14.4 Å². The SMILES string of the molecule is CC(=O)C[C@@H]1NC(=O)NC1=O.S. The average Bonchev–Trinajstić information content (AvgIpc) is 2.09. The van der Waals surface area contributed by atoms with Gasteiger partial charge in [0.2, 0.25) is 0 Å². The van der Waals surface area contributed by atoms with Crippen LogP contribution in [0.1, 0.15) is 13.3 Å².